The van der Waals surface area contributed by atoms with E-state index >= 15 is 0 Å². The van der Waals surface area contributed by atoms with E-state index in [0.717, 1.165) is 41.8 Å². The van der Waals surface area contributed by atoms with Gasteiger partial charge in [-0.25, -0.2) is 0 Å². The molecule has 2 aromatic carbocycles. The molecular formula is C25H28N4O2S. The van der Waals surface area contributed by atoms with Crippen LogP contribution in [0, 0.1) is 0 Å². The molecule has 0 spiro atoms. The maximum atomic E-state index is 5.79. The summed E-state index contributed by atoms with van der Waals surface area (Å²) in [5.74, 6) is 1.08. The highest BCUT2D eigenvalue weighted by Gasteiger charge is 2.33. The fourth-order valence-corrected chi connectivity index (χ4v) is 4.28. The van der Waals surface area contributed by atoms with Crippen LogP contribution in [0.25, 0.3) is 17.0 Å². The van der Waals surface area contributed by atoms with E-state index < -0.39 is 0 Å². The number of aryl methyl sites for hydroxylation is 1. The molecule has 2 heterocycles. The van der Waals surface area contributed by atoms with Crippen LogP contribution in [0.1, 0.15) is 43.3 Å². The summed E-state index contributed by atoms with van der Waals surface area (Å²) in [6.07, 6.45) is 1.85. The molecule has 0 fully saturated rings. The molecule has 1 atom stereocenters. The quantitative estimate of drug-likeness (QED) is 0.384. The molecule has 166 valence electrons. The highest BCUT2D eigenvalue weighted by atomic mass is 32.1. The molecule has 1 aliphatic heterocycles. The van der Waals surface area contributed by atoms with E-state index in [1.165, 1.54) is 5.56 Å². The molecule has 0 radical (unpaired) electrons. The van der Waals surface area contributed by atoms with E-state index in [4.69, 9.17) is 26.5 Å². The zero-order valence-corrected chi connectivity index (χ0v) is 19.5. The van der Waals surface area contributed by atoms with Crippen molar-refractivity contribution in [2.75, 3.05) is 20.3 Å². The smallest absolute Gasteiger partial charge is 0.258 e. The van der Waals surface area contributed by atoms with Crippen molar-refractivity contribution in [1.29, 1.82) is 0 Å². The molecular weight excluding hydrogens is 420 g/mol. The van der Waals surface area contributed by atoms with Crippen LogP contribution in [-0.4, -0.2) is 40.4 Å². The number of aromatic nitrogens is 2. The minimum Gasteiger partial charge on any atom is -0.385 e. The Hall–Kier alpha value is -3.03. The van der Waals surface area contributed by atoms with Gasteiger partial charge in [0.1, 0.15) is 0 Å². The second kappa shape index (κ2) is 10.1. The van der Waals surface area contributed by atoms with E-state index in [-0.39, 0.29) is 6.04 Å². The van der Waals surface area contributed by atoms with Crippen LogP contribution in [0.5, 0.6) is 0 Å². The van der Waals surface area contributed by atoms with Crippen LogP contribution in [0.15, 0.2) is 64.8 Å². The summed E-state index contributed by atoms with van der Waals surface area (Å²) < 4.78 is 11.0. The summed E-state index contributed by atoms with van der Waals surface area (Å²) in [4.78, 5) is 6.86. The molecule has 3 aromatic rings. The predicted octanol–water partition coefficient (Wildman–Crippen LogP) is 5.00. The highest BCUT2D eigenvalue weighted by Crippen LogP contribution is 2.37. The van der Waals surface area contributed by atoms with Crippen molar-refractivity contribution >= 4 is 22.9 Å². The molecule has 6 nitrogen and oxygen atoms in total. The lowest BCUT2D eigenvalue weighted by Crippen LogP contribution is -2.46. The van der Waals surface area contributed by atoms with Crippen LogP contribution < -0.4 is 5.32 Å². The Morgan fingerprint density at radius 2 is 1.88 bits per heavy atom. The molecule has 32 heavy (non-hydrogen) atoms. The van der Waals surface area contributed by atoms with Gasteiger partial charge in [-0.3, -0.25) is 0 Å². The summed E-state index contributed by atoms with van der Waals surface area (Å²) in [5, 5.41) is 8.45. The zero-order chi connectivity index (χ0) is 22.5. The second-order valence-electron chi connectivity index (χ2n) is 7.76. The van der Waals surface area contributed by atoms with Gasteiger partial charge in [0.2, 0.25) is 5.82 Å². The van der Waals surface area contributed by atoms with E-state index in [1.54, 1.807) is 7.11 Å². The van der Waals surface area contributed by atoms with Gasteiger partial charge in [-0.15, -0.1) is 0 Å². The van der Waals surface area contributed by atoms with Crippen LogP contribution in [0.3, 0.4) is 0 Å². The normalized spacial score (nSPS) is 16.4. The lowest BCUT2D eigenvalue weighted by Gasteiger charge is -2.37. The fraction of sp³-hybridized carbons (Fsp3) is 0.320. The van der Waals surface area contributed by atoms with Crippen molar-refractivity contribution in [2.45, 2.75) is 32.7 Å². The number of hydrogen-bond acceptors (Lipinski definition) is 5. The number of rotatable bonds is 8. The Labute approximate surface area is 194 Å². The first-order valence-electron chi connectivity index (χ1n) is 10.9. The van der Waals surface area contributed by atoms with Crippen LogP contribution in [0.2, 0.25) is 0 Å². The molecule has 0 saturated heterocycles. The summed E-state index contributed by atoms with van der Waals surface area (Å²) in [7, 11) is 1.71. The maximum absolute atomic E-state index is 5.79. The lowest BCUT2D eigenvalue weighted by atomic mass is 9.95. The predicted molar refractivity (Wildman–Crippen MR) is 130 cm³/mol. The number of methoxy groups -OCH3 is 1. The summed E-state index contributed by atoms with van der Waals surface area (Å²) >= 11 is 5.71. The van der Waals surface area contributed by atoms with E-state index in [1.807, 2.05) is 30.3 Å². The number of nitrogens with one attached hydrogen (secondary N) is 1. The van der Waals surface area contributed by atoms with Gasteiger partial charge in [0, 0.05) is 31.5 Å². The molecule has 1 unspecified atom stereocenters. The minimum atomic E-state index is -0.168. The van der Waals surface area contributed by atoms with Crippen molar-refractivity contribution in [3.8, 4) is 11.4 Å². The van der Waals surface area contributed by atoms with Gasteiger partial charge in [-0.2, -0.15) is 4.98 Å². The van der Waals surface area contributed by atoms with Gasteiger partial charge in [0.25, 0.3) is 5.89 Å². The first-order valence-corrected chi connectivity index (χ1v) is 11.3. The van der Waals surface area contributed by atoms with Crippen LogP contribution >= 0.6 is 12.2 Å². The van der Waals surface area contributed by atoms with Gasteiger partial charge in [0.05, 0.1) is 11.6 Å². The molecule has 4 rings (SSSR count). The van der Waals surface area contributed by atoms with Gasteiger partial charge in [-0.1, -0.05) is 66.7 Å². The van der Waals surface area contributed by atoms with Gasteiger partial charge in [-0.05, 0) is 43.1 Å². The number of hydrogen-bond donors (Lipinski definition) is 1. The Morgan fingerprint density at radius 1 is 1.12 bits per heavy atom. The van der Waals surface area contributed by atoms with Crippen molar-refractivity contribution in [2.24, 2.45) is 0 Å². The average molecular weight is 449 g/mol. The molecule has 0 aliphatic carbocycles. The SMILES string of the molecule is CCc1ccc(-c2noc(C3=C(C)N(CCCOC)C(=S)NC3c3ccccc3)n2)cc1. The molecule has 1 aliphatic rings. The number of thiocarbonyl (C=S) groups is 1. The van der Waals surface area contributed by atoms with Gasteiger partial charge in [0.15, 0.2) is 5.11 Å². The topological polar surface area (TPSA) is 63.4 Å². The van der Waals surface area contributed by atoms with E-state index in [9.17, 15) is 0 Å². The highest BCUT2D eigenvalue weighted by molar-refractivity contribution is 7.80. The maximum Gasteiger partial charge on any atom is 0.258 e. The summed E-state index contributed by atoms with van der Waals surface area (Å²) in [6.45, 7) is 5.61. The second-order valence-corrected chi connectivity index (χ2v) is 8.15. The van der Waals surface area contributed by atoms with Gasteiger partial charge < -0.3 is 19.5 Å². The van der Waals surface area contributed by atoms with Crippen LogP contribution in [0.4, 0.5) is 0 Å². The zero-order valence-electron chi connectivity index (χ0n) is 18.7. The fourth-order valence-electron chi connectivity index (χ4n) is 3.93. The Balaban J connectivity index is 1.74. The standard InChI is InChI=1S/C25H28N4O2S/c1-4-18-11-13-20(14-12-18)23-27-24(31-28-23)21-17(2)29(15-8-16-30-3)25(32)26-22(21)19-9-6-5-7-10-19/h5-7,9-14,22H,4,8,15-16H2,1-3H3,(H,26,32). The Bertz CT molecular complexity index is 1090. The third-order valence-corrected chi connectivity index (χ3v) is 6.07. The lowest BCUT2D eigenvalue weighted by molar-refractivity contribution is 0.188. The molecule has 7 heteroatoms. The summed E-state index contributed by atoms with van der Waals surface area (Å²) in [5.41, 5.74) is 5.24. The largest absolute Gasteiger partial charge is 0.385 e. The average Bonchev–Trinajstić information content (AvgIpc) is 3.31. The van der Waals surface area contributed by atoms with E-state index in [2.05, 4.69) is 53.5 Å². The van der Waals surface area contributed by atoms with E-state index in [0.29, 0.717) is 23.4 Å². The number of nitrogens with zero attached hydrogens (tertiary/aromatic N) is 3. The molecule has 1 N–H and O–H groups in total. The molecule has 1 aromatic heterocycles. The number of benzene rings is 2. The summed E-state index contributed by atoms with van der Waals surface area (Å²) in [6, 6.07) is 18.3. The molecule has 0 bridgehead atoms. The first kappa shape index (κ1) is 22.2. The Morgan fingerprint density at radius 3 is 2.56 bits per heavy atom. The Kier molecular flexibility index (Phi) is 6.97. The third kappa shape index (κ3) is 4.59. The third-order valence-electron chi connectivity index (χ3n) is 5.74. The minimum absolute atomic E-state index is 0.168. The number of allylic oxidation sites excluding steroid dienone is 1. The monoisotopic (exact) mass is 448 g/mol. The molecule has 0 amide bonds. The van der Waals surface area contributed by atoms with Crippen LogP contribution in [-0.2, 0) is 11.2 Å². The van der Waals surface area contributed by atoms with Gasteiger partial charge >= 0.3 is 0 Å². The molecule has 0 saturated carbocycles. The van der Waals surface area contributed by atoms with Crippen molar-refractivity contribution in [3.63, 3.8) is 0 Å². The number of ether oxygens (including phenoxy) is 1. The van der Waals surface area contributed by atoms with Crippen molar-refractivity contribution in [1.82, 2.24) is 20.4 Å². The van der Waals surface area contributed by atoms with Crippen molar-refractivity contribution < 1.29 is 9.26 Å². The van der Waals surface area contributed by atoms with Crippen molar-refractivity contribution in [3.05, 3.63) is 77.3 Å². The first-order chi connectivity index (χ1) is 15.6.